The van der Waals surface area contributed by atoms with E-state index in [1.165, 1.54) is 12.1 Å². The van der Waals surface area contributed by atoms with Gasteiger partial charge in [0.25, 0.3) is 0 Å². The van der Waals surface area contributed by atoms with E-state index in [0.717, 1.165) is 11.6 Å². The molecule has 0 saturated carbocycles. The number of rotatable bonds is 2. The van der Waals surface area contributed by atoms with Gasteiger partial charge in [-0.1, -0.05) is 18.2 Å². The molecular weight excluding hydrogens is 260 g/mol. The third kappa shape index (κ3) is 2.16. The van der Waals surface area contributed by atoms with Gasteiger partial charge in [0, 0.05) is 29.7 Å². The second-order valence-electron chi connectivity index (χ2n) is 5.14. The van der Waals surface area contributed by atoms with Gasteiger partial charge in [0.2, 0.25) is 0 Å². The first kappa shape index (κ1) is 13.1. The van der Waals surface area contributed by atoms with Crippen LogP contribution < -0.4 is 10.5 Å². The fourth-order valence-electron chi connectivity index (χ4n) is 2.51. The van der Waals surface area contributed by atoms with Gasteiger partial charge < -0.3 is 10.5 Å². The number of hydrogen-bond donors (Lipinski definition) is 1. The molecule has 0 aliphatic carbocycles. The Kier molecular flexibility index (Phi) is 3.18. The van der Waals surface area contributed by atoms with Crippen LogP contribution in [0.2, 0.25) is 0 Å². The molecule has 2 aromatic carbocycles. The monoisotopic (exact) mass is 275 g/mol. The van der Waals surface area contributed by atoms with E-state index in [1.807, 2.05) is 19.1 Å². The van der Waals surface area contributed by atoms with Crippen molar-refractivity contribution in [1.82, 2.24) is 0 Å². The molecule has 20 heavy (non-hydrogen) atoms. The van der Waals surface area contributed by atoms with Crippen LogP contribution in [-0.4, -0.2) is 12.1 Å². The van der Waals surface area contributed by atoms with Gasteiger partial charge in [0.1, 0.15) is 23.5 Å². The molecule has 2 unspecified atom stereocenters. The first-order valence-corrected chi connectivity index (χ1v) is 6.56. The van der Waals surface area contributed by atoms with Gasteiger partial charge in [-0.2, -0.15) is 0 Å². The zero-order chi connectivity index (χ0) is 14.3. The molecule has 1 aliphatic heterocycles. The first-order valence-electron chi connectivity index (χ1n) is 6.56. The highest BCUT2D eigenvalue weighted by Gasteiger charge is 2.28. The van der Waals surface area contributed by atoms with Crippen molar-refractivity contribution in [3.05, 3.63) is 53.6 Å². The van der Waals surface area contributed by atoms with Crippen molar-refractivity contribution in [3.8, 4) is 16.9 Å². The smallest absolute Gasteiger partial charge is 0.134 e. The van der Waals surface area contributed by atoms with Crippen LogP contribution in [0.15, 0.2) is 36.4 Å². The maximum Gasteiger partial charge on any atom is 0.134 e. The molecule has 0 aromatic heterocycles. The van der Waals surface area contributed by atoms with Gasteiger partial charge in [-0.3, -0.25) is 0 Å². The second-order valence-corrected chi connectivity index (χ2v) is 5.14. The summed E-state index contributed by atoms with van der Waals surface area (Å²) in [6.07, 6.45) is 0.610. The molecule has 0 radical (unpaired) electrons. The number of para-hydroxylation sites is 1. The summed E-state index contributed by atoms with van der Waals surface area (Å²) in [5.41, 5.74) is 7.86. The zero-order valence-electron chi connectivity index (χ0n) is 11.1. The van der Waals surface area contributed by atoms with Gasteiger partial charge in [-0.05, 0) is 24.6 Å². The Balaban J connectivity index is 2.07. The van der Waals surface area contributed by atoms with Crippen LogP contribution in [-0.2, 0) is 6.42 Å². The molecule has 0 fully saturated rings. The number of ether oxygens (including phenoxy) is 1. The highest BCUT2D eigenvalue weighted by Crippen LogP contribution is 2.40. The summed E-state index contributed by atoms with van der Waals surface area (Å²) in [7, 11) is 0. The summed E-state index contributed by atoms with van der Waals surface area (Å²) in [5.74, 6) is -0.528. The van der Waals surface area contributed by atoms with Crippen LogP contribution in [0.1, 0.15) is 12.5 Å². The quantitative estimate of drug-likeness (QED) is 0.912. The molecule has 104 valence electrons. The fourth-order valence-corrected chi connectivity index (χ4v) is 2.51. The van der Waals surface area contributed by atoms with Crippen molar-refractivity contribution in [2.45, 2.75) is 25.5 Å². The summed E-state index contributed by atoms with van der Waals surface area (Å²) in [6.45, 7) is 1.88. The Bertz CT molecular complexity index is 655. The number of nitrogens with two attached hydrogens (primary N) is 1. The predicted molar refractivity (Wildman–Crippen MR) is 73.6 cm³/mol. The third-order valence-electron chi connectivity index (χ3n) is 3.59. The summed E-state index contributed by atoms with van der Waals surface area (Å²) >= 11 is 0. The summed E-state index contributed by atoms with van der Waals surface area (Å²) < 4.78 is 32.8. The van der Waals surface area contributed by atoms with Crippen molar-refractivity contribution in [1.29, 1.82) is 0 Å². The van der Waals surface area contributed by atoms with E-state index in [4.69, 9.17) is 10.5 Å². The number of fused-ring (bicyclic) bond motifs is 1. The minimum atomic E-state index is -0.591. The molecule has 0 amide bonds. The maximum atomic E-state index is 13.9. The van der Waals surface area contributed by atoms with E-state index >= 15 is 0 Å². The fraction of sp³-hybridized carbons (Fsp3) is 0.250. The molecule has 3 rings (SSSR count). The van der Waals surface area contributed by atoms with Crippen molar-refractivity contribution >= 4 is 0 Å². The van der Waals surface area contributed by atoms with Crippen LogP contribution in [0.25, 0.3) is 11.1 Å². The molecule has 2 N–H and O–H groups in total. The molecule has 2 nitrogen and oxygen atoms in total. The Labute approximate surface area is 116 Å². The van der Waals surface area contributed by atoms with Crippen molar-refractivity contribution in [2.24, 2.45) is 5.73 Å². The lowest BCUT2D eigenvalue weighted by atomic mass is 9.99. The minimum Gasteiger partial charge on any atom is -0.488 e. The van der Waals surface area contributed by atoms with Gasteiger partial charge in [-0.25, -0.2) is 8.78 Å². The topological polar surface area (TPSA) is 35.2 Å². The number of halogens is 2. The first-order chi connectivity index (χ1) is 9.56. The lowest BCUT2D eigenvalue weighted by Gasteiger charge is -2.15. The SMILES string of the molecule is CC(N)C1Cc2cccc(-c3ccc(F)cc3F)c2O1. The number of hydrogen-bond acceptors (Lipinski definition) is 2. The van der Waals surface area contributed by atoms with Crippen LogP contribution in [0.5, 0.6) is 5.75 Å². The van der Waals surface area contributed by atoms with E-state index in [0.29, 0.717) is 23.3 Å². The highest BCUT2D eigenvalue weighted by atomic mass is 19.1. The molecule has 4 heteroatoms. The average Bonchev–Trinajstić information content (AvgIpc) is 2.83. The van der Waals surface area contributed by atoms with E-state index in [9.17, 15) is 8.78 Å². The largest absolute Gasteiger partial charge is 0.488 e. The van der Waals surface area contributed by atoms with Gasteiger partial charge in [0.05, 0.1) is 0 Å². The molecule has 1 heterocycles. The molecule has 2 aromatic rings. The standard InChI is InChI=1S/C16H15F2NO/c1-9(19)15-7-10-3-2-4-13(16(10)20-15)12-6-5-11(17)8-14(12)18/h2-6,8-9,15H,7,19H2,1H3. The van der Waals surface area contributed by atoms with Crippen LogP contribution >= 0.6 is 0 Å². The van der Waals surface area contributed by atoms with E-state index in [-0.39, 0.29) is 12.1 Å². The Morgan fingerprint density at radius 1 is 1.20 bits per heavy atom. The normalized spacial score (nSPS) is 18.5. The van der Waals surface area contributed by atoms with Crippen LogP contribution in [0, 0.1) is 11.6 Å². The zero-order valence-corrected chi connectivity index (χ0v) is 11.1. The van der Waals surface area contributed by atoms with Gasteiger partial charge in [-0.15, -0.1) is 0 Å². The predicted octanol–water partition coefficient (Wildman–Crippen LogP) is 3.28. The lowest BCUT2D eigenvalue weighted by Crippen LogP contribution is -2.34. The Morgan fingerprint density at radius 2 is 2.00 bits per heavy atom. The molecule has 0 spiro atoms. The molecular formula is C16H15F2NO. The molecule has 0 saturated heterocycles. The van der Waals surface area contributed by atoms with Crippen molar-refractivity contribution in [2.75, 3.05) is 0 Å². The summed E-state index contributed by atoms with van der Waals surface area (Å²) in [5, 5.41) is 0. The number of benzene rings is 2. The van der Waals surface area contributed by atoms with E-state index < -0.39 is 11.6 Å². The lowest BCUT2D eigenvalue weighted by molar-refractivity contribution is 0.207. The second kappa shape index (κ2) is 4.87. The summed E-state index contributed by atoms with van der Waals surface area (Å²) in [6, 6.07) is 9.03. The molecule has 2 atom stereocenters. The molecule has 0 bridgehead atoms. The minimum absolute atomic E-state index is 0.102. The Hall–Kier alpha value is -1.94. The maximum absolute atomic E-state index is 13.9. The van der Waals surface area contributed by atoms with Crippen LogP contribution in [0.3, 0.4) is 0 Å². The van der Waals surface area contributed by atoms with E-state index in [1.54, 1.807) is 6.07 Å². The van der Waals surface area contributed by atoms with Crippen LogP contribution in [0.4, 0.5) is 8.78 Å². The van der Waals surface area contributed by atoms with Gasteiger partial charge in [0.15, 0.2) is 0 Å². The summed E-state index contributed by atoms with van der Waals surface area (Å²) in [4.78, 5) is 0. The van der Waals surface area contributed by atoms with Crippen molar-refractivity contribution in [3.63, 3.8) is 0 Å². The average molecular weight is 275 g/mol. The Morgan fingerprint density at radius 3 is 2.70 bits per heavy atom. The molecule has 1 aliphatic rings. The third-order valence-corrected chi connectivity index (χ3v) is 3.59. The van der Waals surface area contributed by atoms with E-state index in [2.05, 4.69) is 0 Å². The van der Waals surface area contributed by atoms with Gasteiger partial charge >= 0.3 is 0 Å². The highest BCUT2D eigenvalue weighted by molar-refractivity contribution is 5.73. The van der Waals surface area contributed by atoms with Crippen molar-refractivity contribution < 1.29 is 13.5 Å².